The maximum Gasteiger partial charge on any atom is 0.416 e. The van der Waals surface area contributed by atoms with Gasteiger partial charge in [-0.25, -0.2) is 9.97 Å². The van der Waals surface area contributed by atoms with Crippen LogP contribution in [0.1, 0.15) is 19.4 Å². The molecule has 0 saturated carbocycles. The molecule has 158 valence electrons. The number of rotatable bonds is 5. The van der Waals surface area contributed by atoms with E-state index >= 15 is 0 Å². The lowest BCUT2D eigenvalue weighted by Crippen LogP contribution is -2.06. The second-order valence-corrected chi connectivity index (χ2v) is 7.31. The molecule has 31 heavy (non-hydrogen) atoms. The summed E-state index contributed by atoms with van der Waals surface area (Å²) in [5.41, 5.74) is 1.03. The lowest BCUT2D eigenvalue weighted by Gasteiger charge is -2.13. The Kier molecular flexibility index (Phi) is 5.50. The molecule has 3 aromatic carbocycles. The number of fused-ring (bicyclic) bond motifs is 1. The zero-order chi connectivity index (χ0) is 22.0. The largest absolute Gasteiger partial charge is 0.491 e. The summed E-state index contributed by atoms with van der Waals surface area (Å²) in [7, 11) is 0. The molecule has 0 aliphatic carbocycles. The summed E-state index contributed by atoms with van der Waals surface area (Å²) in [5, 5.41) is 3.74. The van der Waals surface area contributed by atoms with Crippen LogP contribution in [0, 0.1) is 0 Å². The van der Waals surface area contributed by atoms with Crippen molar-refractivity contribution >= 4 is 22.4 Å². The lowest BCUT2D eigenvalue weighted by atomic mass is 10.1. The molecule has 4 rings (SSSR count). The van der Waals surface area contributed by atoms with E-state index in [4.69, 9.17) is 4.74 Å². The van der Waals surface area contributed by atoms with Gasteiger partial charge in [0.25, 0.3) is 0 Å². The van der Waals surface area contributed by atoms with Gasteiger partial charge in [0, 0.05) is 16.6 Å². The Hall–Kier alpha value is -3.61. The molecule has 0 fully saturated rings. The van der Waals surface area contributed by atoms with Crippen LogP contribution in [0.4, 0.5) is 24.7 Å². The third-order valence-electron chi connectivity index (χ3n) is 4.54. The van der Waals surface area contributed by atoms with Crippen molar-refractivity contribution in [1.29, 1.82) is 0 Å². The van der Waals surface area contributed by atoms with Gasteiger partial charge in [0.05, 0.1) is 17.2 Å². The maximum atomic E-state index is 13.1. The standard InChI is InChI=1S/C24H20F3N3O/c1-15(2)31-19-12-10-16(11-13-19)22-29-21-9-4-3-8-20(21)23(30-22)28-18-7-5-6-17(14-18)24(25,26)27/h3-15H,1-2H3,(H,28,29,30). The molecule has 7 heteroatoms. The first-order chi connectivity index (χ1) is 14.8. The first-order valence-electron chi connectivity index (χ1n) is 9.78. The first-order valence-corrected chi connectivity index (χ1v) is 9.78. The van der Waals surface area contributed by atoms with Crippen molar-refractivity contribution in [3.8, 4) is 17.1 Å². The normalized spacial score (nSPS) is 11.7. The fraction of sp³-hybridized carbons (Fsp3) is 0.167. The van der Waals surface area contributed by atoms with Gasteiger partial charge in [0.1, 0.15) is 11.6 Å². The topological polar surface area (TPSA) is 47.0 Å². The van der Waals surface area contributed by atoms with Gasteiger partial charge in [-0.2, -0.15) is 13.2 Å². The molecule has 0 amide bonds. The fourth-order valence-corrected chi connectivity index (χ4v) is 3.17. The molecule has 4 aromatic rings. The van der Waals surface area contributed by atoms with Crippen LogP contribution >= 0.6 is 0 Å². The molecule has 0 unspecified atom stereocenters. The number of ether oxygens (including phenoxy) is 1. The van der Waals surface area contributed by atoms with E-state index in [-0.39, 0.29) is 6.10 Å². The number of hydrogen-bond acceptors (Lipinski definition) is 4. The van der Waals surface area contributed by atoms with Crippen LogP contribution in [0.15, 0.2) is 72.8 Å². The van der Waals surface area contributed by atoms with Crippen LogP contribution in [0.5, 0.6) is 5.75 Å². The van der Waals surface area contributed by atoms with Gasteiger partial charge >= 0.3 is 6.18 Å². The van der Waals surface area contributed by atoms with Crippen molar-refractivity contribution in [2.75, 3.05) is 5.32 Å². The van der Waals surface area contributed by atoms with Crippen molar-refractivity contribution in [3.63, 3.8) is 0 Å². The number of alkyl halides is 3. The predicted octanol–water partition coefficient (Wildman–Crippen LogP) is 6.85. The molecular formula is C24H20F3N3O. The number of aromatic nitrogens is 2. The summed E-state index contributed by atoms with van der Waals surface area (Å²) in [6.07, 6.45) is -4.36. The lowest BCUT2D eigenvalue weighted by molar-refractivity contribution is -0.137. The van der Waals surface area contributed by atoms with E-state index in [1.54, 1.807) is 6.07 Å². The number of benzene rings is 3. The molecule has 0 aliphatic heterocycles. The van der Waals surface area contributed by atoms with Gasteiger partial charge in [-0.15, -0.1) is 0 Å². The zero-order valence-electron chi connectivity index (χ0n) is 16.9. The van der Waals surface area contributed by atoms with E-state index in [0.717, 1.165) is 23.4 Å². The van der Waals surface area contributed by atoms with E-state index < -0.39 is 11.7 Å². The summed E-state index contributed by atoms with van der Waals surface area (Å²) >= 11 is 0. The van der Waals surface area contributed by atoms with Crippen molar-refractivity contribution < 1.29 is 17.9 Å². The third-order valence-corrected chi connectivity index (χ3v) is 4.54. The highest BCUT2D eigenvalue weighted by atomic mass is 19.4. The Morgan fingerprint density at radius 1 is 0.871 bits per heavy atom. The summed E-state index contributed by atoms with van der Waals surface area (Å²) < 4.78 is 45.0. The monoisotopic (exact) mass is 423 g/mol. The van der Waals surface area contributed by atoms with Crippen molar-refractivity contribution in [3.05, 3.63) is 78.4 Å². The molecule has 1 N–H and O–H groups in total. The Balaban J connectivity index is 1.74. The van der Waals surface area contributed by atoms with E-state index in [9.17, 15) is 13.2 Å². The highest BCUT2D eigenvalue weighted by molar-refractivity contribution is 5.92. The predicted molar refractivity (Wildman–Crippen MR) is 115 cm³/mol. The van der Waals surface area contributed by atoms with E-state index in [2.05, 4.69) is 15.3 Å². The van der Waals surface area contributed by atoms with Gasteiger partial charge in [0.2, 0.25) is 0 Å². The van der Waals surface area contributed by atoms with Crippen LogP contribution in [0.2, 0.25) is 0 Å². The summed E-state index contributed by atoms with van der Waals surface area (Å²) in [6, 6.07) is 19.8. The van der Waals surface area contributed by atoms with Crippen LogP contribution < -0.4 is 10.1 Å². The Labute approximate surface area is 177 Å². The second-order valence-electron chi connectivity index (χ2n) is 7.31. The van der Waals surface area contributed by atoms with E-state index in [1.807, 2.05) is 62.4 Å². The smallest absolute Gasteiger partial charge is 0.416 e. The van der Waals surface area contributed by atoms with Crippen LogP contribution in [0.25, 0.3) is 22.3 Å². The second kappa shape index (κ2) is 8.26. The summed E-state index contributed by atoms with van der Waals surface area (Å²) in [5.74, 6) is 1.63. The number of para-hydroxylation sites is 1. The van der Waals surface area contributed by atoms with Crippen LogP contribution in [-0.4, -0.2) is 16.1 Å². The summed E-state index contributed by atoms with van der Waals surface area (Å²) in [6.45, 7) is 3.90. The molecule has 0 atom stereocenters. The number of halogens is 3. The number of nitrogens with one attached hydrogen (secondary N) is 1. The Bertz CT molecular complexity index is 1200. The minimum absolute atomic E-state index is 0.0611. The first kappa shape index (κ1) is 20.7. The molecular weight excluding hydrogens is 403 g/mol. The highest BCUT2D eigenvalue weighted by Crippen LogP contribution is 2.33. The minimum Gasteiger partial charge on any atom is -0.491 e. The fourth-order valence-electron chi connectivity index (χ4n) is 3.17. The van der Waals surface area contributed by atoms with Gasteiger partial charge in [-0.3, -0.25) is 0 Å². The van der Waals surface area contributed by atoms with Crippen molar-refractivity contribution in [2.45, 2.75) is 26.1 Å². The highest BCUT2D eigenvalue weighted by Gasteiger charge is 2.30. The SMILES string of the molecule is CC(C)Oc1ccc(-c2nc(Nc3cccc(C(F)(F)F)c3)c3ccccc3n2)cc1. The van der Waals surface area contributed by atoms with E-state index in [0.29, 0.717) is 28.2 Å². The van der Waals surface area contributed by atoms with E-state index in [1.165, 1.54) is 6.07 Å². The number of nitrogens with zero attached hydrogens (tertiary/aromatic N) is 2. The molecule has 0 aliphatic rings. The molecule has 0 saturated heterocycles. The maximum absolute atomic E-state index is 13.1. The molecule has 4 nitrogen and oxygen atoms in total. The quantitative estimate of drug-likeness (QED) is 0.381. The molecule has 1 aromatic heterocycles. The molecule has 1 heterocycles. The van der Waals surface area contributed by atoms with Crippen LogP contribution in [0.3, 0.4) is 0 Å². The van der Waals surface area contributed by atoms with Gasteiger partial charge < -0.3 is 10.1 Å². The van der Waals surface area contributed by atoms with Gasteiger partial charge in [-0.1, -0.05) is 18.2 Å². The summed E-state index contributed by atoms with van der Waals surface area (Å²) in [4.78, 5) is 9.23. The minimum atomic E-state index is -4.42. The number of hydrogen-bond donors (Lipinski definition) is 1. The average Bonchev–Trinajstić information content (AvgIpc) is 2.73. The van der Waals surface area contributed by atoms with Crippen molar-refractivity contribution in [2.24, 2.45) is 0 Å². The molecule has 0 spiro atoms. The van der Waals surface area contributed by atoms with Crippen molar-refractivity contribution in [1.82, 2.24) is 9.97 Å². The molecule has 0 radical (unpaired) electrons. The average molecular weight is 423 g/mol. The molecule has 0 bridgehead atoms. The zero-order valence-corrected chi connectivity index (χ0v) is 16.9. The third kappa shape index (κ3) is 4.77. The van der Waals surface area contributed by atoms with Crippen LogP contribution in [-0.2, 0) is 6.18 Å². The van der Waals surface area contributed by atoms with Gasteiger partial charge in [0.15, 0.2) is 5.82 Å². The Morgan fingerprint density at radius 2 is 1.61 bits per heavy atom. The Morgan fingerprint density at radius 3 is 2.32 bits per heavy atom. The number of anilines is 2. The van der Waals surface area contributed by atoms with Gasteiger partial charge in [-0.05, 0) is 68.4 Å².